The molecule has 2 aromatic carbocycles. The average Bonchev–Trinajstić information content (AvgIpc) is 3.25. The first-order chi connectivity index (χ1) is 19.0. The van der Waals surface area contributed by atoms with Crippen molar-refractivity contribution in [2.45, 2.75) is 64.0 Å². The van der Waals surface area contributed by atoms with E-state index in [0.717, 1.165) is 29.2 Å². The molecular weight excluding hydrogens is 528 g/mol. The first kappa shape index (κ1) is 28.7. The maximum absolute atomic E-state index is 13.2. The molecule has 1 N–H and O–H groups in total. The van der Waals surface area contributed by atoms with Gasteiger partial charge in [-0.1, -0.05) is 42.5 Å². The van der Waals surface area contributed by atoms with E-state index in [4.69, 9.17) is 9.73 Å². The number of aliphatic imine (C=N–C) groups is 1. The van der Waals surface area contributed by atoms with Crippen LogP contribution in [0.5, 0.6) is 0 Å². The van der Waals surface area contributed by atoms with Gasteiger partial charge < -0.3 is 15.0 Å². The number of amides is 2. The number of amidine groups is 1. The van der Waals surface area contributed by atoms with Gasteiger partial charge >= 0.3 is 0 Å². The van der Waals surface area contributed by atoms with Crippen molar-refractivity contribution in [1.29, 1.82) is 0 Å². The molecule has 2 fully saturated rings. The molecule has 10 heteroatoms. The monoisotopic (exact) mass is 568 g/mol. The van der Waals surface area contributed by atoms with Gasteiger partial charge in [-0.05, 0) is 69.2 Å². The zero-order valence-electron chi connectivity index (χ0n) is 23.7. The van der Waals surface area contributed by atoms with Crippen LogP contribution in [0.15, 0.2) is 47.5 Å². The Hall–Kier alpha value is -2.82. The fraction of sp³-hybridized carbons (Fsp3) is 0.567. The number of ether oxygens (including phenoxy) is 1. The van der Waals surface area contributed by atoms with E-state index in [2.05, 4.69) is 5.32 Å². The van der Waals surface area contributed by atoms with Gasteiger partial charge in [-0.25, -0.2) is 12.7 Å². The lowest BCUT2D eigenvalue weighted by Gasteiger charge is -2.35. The molecule has 1 unspecified atom stereocenters. The number of nitrogens with one attached hydrogen (secondary N) is 1. The summed E-state index contributed by atoms with van der Waals surface area (Å²) in [6, 6.07) is 14.0. The summed E-state index contributed by atoms with van der Waals surface area (Å²) in [5.74, 6) is 0.403. The third kappa shape index (κ3) is 6.24. The molecule has 216 valence electrons. The number of piperidine rings is 2. The van der Waals surface area contributed by atoms with Crippen LogP contribution in [0.3, 0.4) is 0 Å². The minimum atomic E-state index is -3.48. The number of benzene rings is 2. The van der Waals surface area contributed by atoms with E-state index >= 15 is 0 Å². The topological polar surface area (TPSA) is 108 Å². The molecule has 0 aromatic heterocycles. The first-order valence-corrected chi connectivity index (χ1v) is 15.8. The van der Waals surface area contributed by atoms with Gasteiger partial charge in [0.1, 0.15) is 18.0 Å². The fourth-order valence-electron chi connectivity index (χ4n) is 5.88. The number of rotatable bonds is 7. The quantitative estimate of drug-likeness (QED) is 0.552. The van der Waals surface area contributed by atoms with Crippen LogP contribution >= 0.6 is 0 Å². The van der Waals surface area contributed by atoms with Crippen molar-refractivity contribution in [2.24, 2.45) is 10.9 Å². The highest BCUT2D eigenvalue weighted by atomic mass is 32.2. The third-order valence-corrected chi connectivity index (χ3v) is 10.1. The maximum atomic E-state index is 13.2. The second-order valence-electron chi connectivity index (χ2n) is 12.2. The van der Waals surface area contributed by atoms with Crippen molar-refractivity contribution in [3.05, 3.63) is 48.0 Å². The van der Waals surface area contributed by atoms with Gasteiger partial charge in [0.25, 0.3) is 5.91 Å². The molecule has 1 atom stereocenters. The van der Waals surface area contributed by atoms with Gasteiger partial charge in [-0.2, -0.15) is 0 Å². The molecule has 0 aliphatic carbocycles. The minimum absolute atomic E-state index is 0.0274. The maximum Gasteiger partial charge on any atom is 0.253 e. The normalized spacial score (nSPS) is 22.0. The number of nitrogens with zero attached hydrogens (tertiary/aromatic N) is 3. The van der Waals surface area contributed by atoms with Crippen molar-refractivity contribution in [2.75, 3.05) is 38.5 Å². The van der Waals surface area contributed by atoms with Crippen LogP contribution in [0, 0.1) is 5.92 Å². The predicted molar refractivity (Wildman–Crippen MR) is 156 cm³/mol. The second-order valence-corrected chi connectivity index (χ2v) is 14.3. The molecule has 9 nitrogen and oxygen atoms in total. The Labute approximate surface area is 237 Å². The van der Waals surface area contributed by atoms with Gasteiger partial charge in [0, 0.05) is 32.1 Å². The zero-order valence-corrected chi connectivity index (χ0v) is 24.5. The highest BCUT2D eigenvalue weighted by Crippen LogP contribution is 2.33. The molecule has 5 rings (SSSR count). The van der Waals surface area contributed by atoms with Crippen LogP contribution in [-0.4, -0.2) is 85.0 Å². The van der Waals surface area contributed by atoms with Crippen LogP contribution in [0.4, 0.5) is 0 Å². The van der Waals surface area contributed by atoms with Crippen molar-refractivity contribution in [3.8, 4) is 0 Å². The Morgan fingerprint density at radius 3 is 2.58 bits per heavy atom. The molecule has 2 saturated heterocycles. The van der Waals surface area contributed by atoms with E-state index in [1.807, 2.05) is 63.2 Å². The minimum Gasteiger partial charge on any atom is -0.366 e. The highest BCUT2D eigenvalue weighted by Gasteiger charge is 2.48. The molecule has 2 aromatic rings. The second kappa shape index (κ2) is 11.2. The van der Waals surface area contributed by atoms with Gasteiger partial charge in [0.15, 0.2) is 0 Å². The van der Waals surface area contributed by atoms with E-state index < -0.39 is 15.6 Å². The number of sulfonamides is 1. The van der Waals surface area contributed by atoms with E-state index in [1.165, 1.54) is 4.31 Å². The zero-order chi connectivity index (χ0) is 28.5. The van der Waals surface area contributed by atoms with Gasteiger partial charge in [0.2, 0.25) is 15.9 Å². The summed E-state index contributed by atoms with van der Waals surface area (Å²) < 4.78 is 33.7. The van der Waals surface area contributed by atoms with Gasteiger partial charge in [0.05, 0.1) is 11.4 Å². The number of carbonyl (C=O) groups excluding carboxylic acids is 2. The molecule has 0 bridgehead atoms. The molecule has 40 heavy (non-hydrogen) atoms. The largest absolute Gasteiger partial charge is 0.366 e. The number of carbonyl (C=O) groups is 2. The molecule has 3 aliphatic rings. The molecule has 3 aliphatic heterocycles. The van der Waals surface area contributed by atoms with E-state index in [1.54, 1.807) is 4.90 Å². The summed E-state index contributed by atoms with van der Waals surface area (Å²) in [7, 11) is -3.48. The van der Waals surface area contributed by atoms with Gasteiger partial charge in [-0.3, -0.25) is 14.6 Å². The van der Waals surface area contributed by atoms with Crippen molar-refractivity contribution >= 4 is 38.4 Å². The Bertz CT molecular complexity index is 1400. The van der Waals surface area contributed by atoms with E-state index in [0.29, 0.717) is 38.2 Å². The number of likely N-dealkylation sites (tertiary alicyclic amines) is 1. The molecule has 0 saturated carbocycles. The fourth-order valence-corrected chi connectivity index (χ4v) is 7.36. The van der Waals surface area contributed by atoms with Crippen LogP contribution in [0.2, 0.25) is 0 Å². The standard InChI is InChI=1S/C30H40N4O5S/c1-29(2,3)39-21-26(35)33-16-7-11-24(20-33)27-31-28(36)30(32-27)14-17-34(18-15-30)40(37,38)19-13-23-10-6-9-22-8-4-5-12-25(22)23/h4-6,8-10,12,24H,7,11,13-21H2,1-3H3,(H,31,32,36). The number of hydrogen-bond donors (Lipinski definition) is 1. The summed E-state index contributed by atoms with van der Waals surface area (Å²) in [5.41, 5.74) is -0.304. The third-order valence-electron chi connectivity index (χ3n) is 8.24. The van der Waals surface area contributed by atoms with Gasteiger partial charge in [-0.15, -0.1) is 0 Å². The number of aryl methyl sites for hydroxylation is 1. The van der Waals surface area contributed by atoms with E-state index in [9.17, 15) is 18.0 Å². The van der Waals surface area contributed by atoms with Crippen LogP contribution in [-0.2, 0) is 30.8 Å². The van der Waals surface area contributed by atoms with Crippen molar-refractivity contribution in [3.63, 3.8) is 0 Å². The Kier molecular flexibility index (Phi) is 8.05. The summed E-state index contributed by atoms with van der Waals surface area (Å²) >= 11 is 0. The number of hydrogen-bond acceptors (Lipinski definition) is 6. The SMILES string of the molecule is CC(C)(C)OCC(=O)N1CCCC(C2=NC3(CCN(S(=O)(=O)CCc4cccc5ccccc45)CC3)C(=O)N2)C1. The molecule has 3 heterocycles. The lowest BCUT2D eigenvalue weighted by molar-refractivity contribution is -0.142. The van der Waals surface area contributed by atoms with Crippen LogP contribution in [0.25, 0.3) is 10.8 Å². The first-order valence-electron chi connectivity index (χ1n) is 14.2. The summed E-state index contributed by atoms with van der Waals surface area (Å²) in [5, 5.41) is 5.17. The Morgan fingerprint density at radius 2 is 1.82 bits per heavy atom. The smallest absolute Gasteiger partial charge is 0.253 e. The lowest BCUT2D eigenvalue weighted by atomic mass is 9.89. The molecule has 2 amide bonds. The van der Waals surface area contributed by atoms with Crippen LogP contribution < -0.4 is 5.32 Å². The number of fused-ring (bicyclic) bond motifs is 1. The van der Waals surface area contributed by atoms with Crippen molar-refractivity contribution < 1.29 is 22.7 Å². The molecule has 1 spiro atoms. The summed E-state index contributed by atoms with van der Waals surface area (Å²) in [4.78, 5) is 32.5. The average molecular weight is 569 g/mol. The van der Waals surface area contributed by atoms with Crippen molar-refractivity contribution in [1.82, 2.24) is 14.5 Å². The van der Waals surface area contributed by atoms with E-state index in [-0.39, 0.29) is 48.8 Å². The summed E-state index contributed by atoms with van der Waals surface area (Å²) in [6.45, 7) is 7.49. The molecular formula is C30H40N4O5S. The lowest BCUT2D eigenvalue weighted by Crippen LogP contribution is -2.51. The Balaban J connectivity index is 1.19. The Morgan fingerprint density at radius 1 is 1.10 bits per heavy atom. The predicted octanol–water partition coefficient (Wildman–Crippen LogP) is 3.13. The highest BCUT2D eigenvalue weighted by molar-refractivity contribution is 7.89. The van der Waals surface area contributed by atoms with Crippen LogP contribution in [0.1, 0.15) is 52.0 Å². The summed E-state index contributed by atoms with van der Waals surface area (Å²) in [6.07, 6.45) is 2.81. The molecule has 0 radical (unpaired) electrons.